The summed E-state index contributed by atoms with van der Waals surface area (Å²) in [4.78, 5) is 12.7. The second kappa shape index (κ2) is 5.23. The molecule has 96 valence electrons. The van der Waals surface area contributed by atoms with Gasteiger partial charge >= 0.3 is 0 Å². The van der Waals surface area contributed by atoms with Gasteiger partial charge in [0.05, 0.1) is 0 Å². The average molecular weight is 244 g/mol. The zero-order chi connectivity index (χ0) is 12.4. The number of carbonyl (C=O) groups excluding carboxylic acids is 1. The van der Waals surface area contributed by atoms with E-state index >= 15 is 0 Å². The molecule has 2 aliphatic rings. The second-order valence-corrected chi connectivity index (χ2v) is 5.47. The van der Waals surface area contributed by atoms with Crippen molar-refractivity contribution in [3.05, 3.63) is 35.4 Å². The molecule has 1 saturated heterocycles. The Bertz CT molecular complexity index is 432. The van der Waals surface area contributed by atoms with Gasteiger partial charge in [-0.1, -0.05) is 24.3 Å². The highest BCUT2D eigenvalue weighted by molar-refractivity contribution is 5.99. The summed E-state index contributed by atoms with van der Waals surface area (Å²) in [5.74, 6) is 1.16. The number of ether oxygens (including phenoxy) is 1. The molecule has 1 unspecified atom stereocenters. The van der Waals surface area contributed by atoms with Crippen LogP contribution in [0.25, 0.3) is 0 Å². The first-order valence-electron chi connectivity index (χ1n) is 7.06. The van der Waals surface area contributed by atoms with E-state index < -0.39 is 0 Å². The first-order valence-corrected chi connectivity index (χ1v) is 7.06. The van der Waals surface area contributed by atoms with Crippen molar-refractivity contribution < 1.29 is 9.53 Å². The van der Waals surface area contributed by atoms with Crippen LogP contribution in [0, 0.1) is 11.8 Å². The van der Waals surface area contributed by atoms with E-state index in [1.807, 2.05) is 18.2 Å². The fourth-order valence-electron chi connectivity index (χ4n) is 3.39. The lowest BCUT2D eigenvalue weighted by Gasteiger charge is -2.28. The molecule has 1 heterocycles. The van der Waals surface area contributed by atoms with Gasteiger partial charge in [-0.25, -0.2) is 0 Å². The van der Waals surface area contributed by atoms with Crippen molar-refractivity contribution in [1.29, 1.82) is 0 Å². The number of rotatable bonds is 1. The number of benzene rings is 1. The standard InChI is InChI=1S/C16H20O2/c17-16-14-6-2-1-4-12(14)5-3-7-15(16)13-8-10-18-11-9-13/h1-2,4,6,13,15H,3,5,7-11H2. The van der Waals surface area contributed by atoms with Gasteiger partial charge in [-0.3, -0.25) is 4.79 Å². The summed E-state index contributed by atoms with van der Waals surface area (Å²) in [6.07, 6.45) is 5.36. The van der Waals surface area contributed by atoms with Crippen LogP contribution in [0.2, 0.25) is 0 Å². The number of hydrogen-bond acceptors (Lipinski definition) is 2. The molecule has 1 aliphatic heterocycles. The maximum Gasteiger partial charge on any atom is 0.166 e. The van der Waals surface area contributed by atoms with Gasteiger partial charge in [0.2, 0.25) is 0 Å². The number of ketones is 1. The smallest absolute Gasteiger partial charge is 0.166 e. The highest BCUT2D eigenvalue weighted by Crippen LogP contribution is 2.34. The van der Waals surface area contributed by atoms with Crippen LogP contribution in [0.15, 0.2) is 24.3 Å². The summed E-state index contributed by atoms with van der Waals surface area (Å²) in [5, 5.41) is 0. The maximum absolute atomic E-state index is 12.7. The molecule has 0 bridgehead atoms. The van der Waals surface area contributed by atoms with Gasteiger partial charge < -0.3 is 4.74 Å². The quantitative estimate of drug-likeness (QED) is 0.709. The monoisotopic (exact) mass is 244 g/mol. The Balaban J connectivity index is 1.86. The molecule has 0 radical (unpaired) electrons. The molecule has 2 heteroatoms. The molecule has 2 nitrogen and oxygen atoms in total. The molecule has 1 aromatic carbocycles. The van der Waals surface area contributed by atoms with Crippen LogP contribution in [0.3, 0.4) is 0 Å². The lowest BCUT2D eigenvalue weighted by Crippen LogP contribution is -2.28. The Kier molecular flexibility index (Phi) is 3.46. The van der Waals surface area contributed by atoms with Gasteiger partial charge in [0.15, 0.2) is 5.78 Å². The third kappa shape index (κ3) is 2.22. The predicted molar refractivity (Wildman–Crippen MR) is 70.7 cm³/mol. The number of Topliss-reactive ketones (excluding diaryl/α,β-unsaturated/α-hetero) is 1. The first kappa shape index (κ1) is 11.9. The van der Waals surface area contributed by atoms with E-state index in [2.05, 4.69) is 6.07 Å². The summed E-state index contributed by atoms with van der Waals surface area (Å²) >= 11 is 0. The van der Waals surface area contributed by atoms with E-state index in [1.54, 1.807) is 0 Å². The SMILES string of the molecule is O=C1c2ccccc2CCCC1C1CCOCC1. The molecular weight excluding hydrogens is 224 g/mol. The molecule has 0 amide bonds. The zero-order valence-electron chi connectivity index (χ0n) is 10.7. The summed E-state index contributed by atoms with van der Waals surface area (Å²) in [6, 6.07) is 8.15. The van der Waals surface area contributed by atoms with Gasteiger partial charge in [-0.05, 0) is 43.6 Å². The molecule has 0 N–H and O–H groups in total. The van der Waals surface area contributed by atoms with Crippen molar-refractivity contribution in [2.75, 3.05) is 13.2 Å². The largest absolute Gasteiger partial charge is 0.381 e. The molecule has 1 fully saturated rings. The van der Waals surface area contributed by atoms with Crippen molar-refractivity contribution in [1.82, 2.24) is 0 Å². The van der Waals surface area contributed by atoms with E-state index in [9.17, 15) is 4.79 Å². The van der Waals surface area contributed by atoms with Gasteiger partial charge in [-0.15, -0.1) is 0 Å². The van der Waals surface area contributed by atoms with Crippen molar-refractivity contribution >= 4 is 5.78 Å². The highest BCUT2D eigenvalue weighted by atomic mass is 16.5. The third-order valence-corrected chi connectivity index (χ3v) is 4.42. The van der Waals surface area contributed by atoms with Crippen LogP contribution in [0.1, 0.15) is 41.6 Å². The van der Waals surface area contributed by atoms with E-state index in [4.69, 9.17) is 4.74 Å². The summed E-state index contributed by atoms with van der Waals surface area (Å²) in [6.45, 7) is 1.66. The minimum Gasteiger partial charge on any atom is -0.381 e. The highest BCUT2D eigenvalue weighted by Gasteiger charge is 2.32. The van der Waals surface area contributed by atoms with Gasteiger partial charge in [0, 0.05) is 24.7 Å². The van der Waals surface area contributed by atoms with Gasteiger partial charge in [-0.2, -0.15) is 0 Å². The Labute approximate surface area is 108 Å². The van der Waals surface area contributed by atoms with Crippen LogP contribution < -0.4 is 0 Å². The molecule has 18 heavy (non-hydrogen) atoms. The molecule has 0 aromatic heterocycles. The minimum absolute atomic E-state index is 0.234. The maximum atomic E-state index is 12.7. The van der Waals surface area contributed by atoms with Crippen LogP contribution >= 0.6 is 0 Å². The topological polar surface area (TPSA) is 26.3 Å². The fraction of sp³-hybridized carbons (Fsp3) is 0.562. The second-order valence-electron chi connectivity index (χ2n) is 5.47. The number of carbonyl (C=O) groups is 1. The molecule has 1 atom stereocenters. The van der Waals surface area contributed by atoms with E-state index in [0.29, 0.717) is 11.7 Å². The van der Waals surface area contributed by atoms with E-state index in [1.165, 1.54) is 5.56 Å². The van der Waals surface area contributed by atoms with Crippen molar-refractivity contribution in [3.8, 4) is 0 Å². The Hall–Kier alpha value is -1.15. The molecule has 0 saturated carbocycles. The number of aryl methyl sites for hydroxylation is 1. The van der Waals surface area contributed by atoms with Gasteiger partial charge in [0.25, 0.3) is 0 Å². The number of hydrogen-bond donors (Lipinski definition) is 0. The first-order chi connectivity index (χ1) is 8.86. The normalized spacial score (nSPS) is 25.6. The van der Waals surface area contributed by atoms with E-state index in [-0.39, 0.29) is 5.92 Å². The lowest BCUT2D eigenvalue weighted by atomic mass is 9.79. The molecule has 1 aromatic rings. The molecular formula is C16H20O2. The van der Waals surface area contributed by atoms with Crippen molar-refractivity contribution in [2.45, 2.75) is 32.1 Å². The average Bonchev–Trinajstić information content (AvgIpc) is 2.60. The van der Waals surface area contributed by atoms with E-state index in [0.717, 1.165) is 50.9 Å². The van der Waals surface area contributed by atoms with Crippen molar-refractivity contribution in [2.24, 2.45) is 11.8 Å². The van der Waals surface area contributed by atoms with Crippen LogP contribution in [0.4, 0.5) is 0 Å². The summed E-state index contributed by atoms with van der Waals surface area (Å²) in [5.41, 5.74) is 2.23. The lowest BCUT2D eigenvalue weighted by molar-refractivity contribution is 0.0417. The minimum atomic E-state index is 0.234. The Morgan fingerprint density at radius 3 is 2.67 bits per heavy atom. The predicted octanol–water partition coefficient (Wildman–Crippen LogP) is 3.25. The van der Waals surface area contributed by atoms with Crippen LogP contribution in [0.5, 0.6) is 0 Å². The Morgan fingerprint density at radius 2 is 1.83 bits per heavy atom. The zero-order valence-corrected chi connectivity index (χ0v) is 10.7. The third-order valence-electron chi connectivity index (χ3n) is 4.42. The van der Waals surface area contributed by atoms with Gasteiger partial charge in [0.1, 0.15) is 0 Å². The molecule has 3 rings (SSSR count). The summed E-state index contributed by atoms with van der Waals surface area (Å²) in [7, 11) is 0. The fourth-order valence-corrected chi connectivity index (χ4v) is 3.39. The van der Waals surface area contributed by atoms with Crippen molar-refractivity contribution in [3.63, 3.8) is 0 Å². The Morgan fingerprint density at radius 1 is 1.06 bits per heavy atom. The number of fused-ring (bicyclic) bond motifs is 1. The van der Waals surface area contributed by atoms with Crippen LogP contribution in [-0.4, -0.2) is 19.0 Å². The molecule has 0 spiro atoms. The summed E-state index contributed by atoms with van der Waals surface area (Å²) < 4.78 is 5.42. The molecule has 1 aliphatic carbocycles. The van der Waals surface area contributed by atoms with Crippen LogP contribution in [-0.2, 0) is 11.2 Å².